The first-order chi connectivity index (χ1) is 30.1. The average molecular weight is 793 g/mol. The Bertz CT molecular complexity index is 3780. The molecule has 1 N–H and O–H groups in total. The second-order valence-electron chi connectivity index (χ2n) is 14.8. The van der Waals surface area contributed by atoms with Crippen LogP contribution in [0.4, 0.5) is 0 Å². The number of ether oxygens (including phenoxy) is 1. The Labute approximate surface area is 344 Å². The number of rotatable bonds is 5. The number of aromatic amines is 1. The molecule has 0 amide bonds. The van der Waals surface area contributed by atoms with Gasteiger partial charge in [-0.05, 0) is 60.7 Å². The van der Waals surface area contributed by atoms with Crippen LogP contribution in [-0.2, 0) is 0 Å². The van der Waals surface area contributed by atoms with Crippen LogP contribution in [0.15, 0.2) is 170 Å². The molecule has 12 rings (SSSR count). The molecule has 61 heavy (non-hydrogen) atoms. The first-order valence-electron chi connectivity index (χ1n) is 19.6. The fraction of sp³-hybridized carbons (Fsp3) is 0.0200. The van der Waals surface area contributed by atoms with Gasteiger partial charge in [-0.15, -0.1) is 10.2 Å². The second kappa shape index (κ2) is 13.5. The van der Waals surface area contributed by atoms with Gasteiger partial charge in [-0.2, -0.15) is 5.10 Å². The lowest BCUT2D eigenvalue weighted by molar-refractivity contribution is 0.253. The van der Waals surface area contributed by atoms with E-state index in [4.69, 9.17) is 38.8 Å². The van der Waals surface area contributed by atoms with Crippen molar-refractivity contribution in [1.29, 1.82) is 0 Å². The summed E-state index contributed by atoms with van der Waals surface area (Å²) in [5, 5.41) is 20.6. The standard InChI is InChI=1S/C50H28N6O5/c57-49-31(23-29-13-3-9-19-39(29)60-49)42-43(32-24-30-14-4-10-20-40(30)61-50(32)58)48-46(47(55-56-48)37-26-51-34-16-6-7-17-35(34)52-37)44(36-25-28-12-1-5-15-33(28)53-54-36)45(42)41-22-21-27-11-2-8-18-38(27)59-41/h1-26,41H,(H,55,56). The van der Waals surface area contributed by atoms with Gasteiger partial charge in [-0.25, -0.2) is 14.6 Å². The van der Waals surface area contributed by atoms with E-state index in [-0.39, 0.29) is 11.1 Å². The third-order valence-electron chi connectivity index (χ3n) is 11.2. The minimum Gasteiger partial charge on any atom is -0.481 e. The molecule has 0 bridgehead atoms. The summed E-state index contributed by atoms with van der Waals surface area (Å²) in [5.41, 5.74) is 6.48. The molecule has 11 aromatic rings. The van der Waals surface area contributed by atoms with E-state index in [1.54, 1.807) is 30.5 Å². The maximum atomic E-state index is 14.7. The number of nitrogens with zero attached hydrogens (tertiary/aromatic N) is 5. The van der Waals surface area contributed by atoms with E-state index in [1.165, 1.54) is 0 Å². The van der Waals surface area contributed by atoms with Crippen molar-refractivity contribution in [3.63, 3.8) is 0 Å². The van der Waals surface area contributed by atoms with Crippen LogP contribution in [0.3, 0.4) is 0 Å². The summed E-state index contributed by atoms with van der Waals surface area (Å²) < 4.78 is 19.1. The zero-order valence-electron chi connectivity index (χ0n) is 31.9. The summed E-state index contributed by atoms with van der Waals surface area (Å²) in [4.78, 5) is 39.0. The summed E-state index contributed by atoms with van der Waals surface area (Å²) in [6.07, 6.45) is 4.76. The van der Waals surface area contributed by atoms with Crippen molar-refractivity contribution >= 4 is 60.9 Å². The molecule has 0 fully saturated rings. The second-order valence-corrected chi connectivity index (χ2v) is 14.8. The molecule has 0 spiro atoms. The van der Waals surface area contributed by atoms with Crippen LogP contribution in [0.1, 0.15) is 17.2 Å². The number of para-hydroxylation sites is 5. The minimum atomic E-state index is -0.847. The first-order valence-corrected chi connectivity index (χ1v) is 19.6. The molecule has 0 radical (unpaired) electrons. The van der Waals surface area contributed by atoms with Crippen molar-refractivity contribution < 1.29 is 13.6 Å². The van der Waals surface area contributed by atoms with Gasteiger partial charge in [0.15, 0.2) is 0 Å². The van der Waals surface area contributed by atoms with Crippen molar-refractivity contribution in [3.05, 3.63) is 184 Å². The Hall–Kier alpha value is -8.57. The maximum Gasteiger partial charge on any atom is 0.344 e. The molecule has 1 aliphatic heterocycles. The molecule has 0 saturated carbocycles. The molecule has 6 heterocycles. The highest BCUT2D eigenvalue weighted by atomic mass is 16.5. The zero-order valence-corrected chi connectivity index (χ0v) is 31.9. The highest BCUT2D eigenvalue weighted by molar-refractivity contribution is 6.16. The van der Waals surface area contributed by atoms with Gasteiger partial charge in [-0.1, -0.05) is 91.0 Å². The van der Waals surface area contributed by atoms with Crippen molar-refractivity contribution in [3.8, 4) is 50.6 Å². The summed E-state index contributed by atoms with van der Waals surface area (Å²) in [6, 6.07) is 43.2. The third kappa shape index (κ3) is 5.55. The molecule has 11 nitrogen and oxygen atoms in total. The van der Waals surface area contributed by atoms with E-state index in [2.05, 4.69) is 5.10 Å². The number of hydrogen-bond acceptors (Lipinski definition) is 10. The van der Waals surface area contributed by atoms with E-state index in [1.807, 2.05) is 127 Å². The summed E-state index contributed by atoms with van der Waals surface area (Å²) >= 11 is 0. The van der Waals surface area contributed by atoms with Crippen LogP contribution in [0.2, 0.25) is 0 Å². The number of H-pyrrole nitrogens is 1. The van der Waals surface area contributed by atoms with Gasteiger partial charge in [-0.3, -0.25) is 10.1 Å². The third-order valence-corrected chi connectivity index (χ3v) is 11.2. The van der Waals surface area contributed by atoms with Gasteiger partial charge in [0.1, 0.15) is 34.4 Å². The highest BCUT2D eigenvalue weighted by Crippen LogP contribution is 2.51. The van der Waals surface area contributed by atoms with Crippen LogP contribution in [0, 0.1) is 0 Å². The van der Waals surface area contributed by atoms with E-state index in [9.17, 15) is 9.59 Å². The van der Waals surface area contributed by atoms with Gasteiger partial charge in [0.05, 0.1) is 45.1 Å². The summed E-state index contributed by atoms with van der Waals surface area (Å²) in [5.74, 6) is 0.627. The smallest absolute Gasteiger partial charge is 0.344 e. The van der Waals surface area contributed by atoms with Crippen LogP contribution in [0.5, 0.6) is 5.75 Å². The van der Waals surface area contributed by atoms with Crippen molar-refractivity contribution in [2.75, 3.05) is 0 Å². The molecular weight excluding hydrogens is 765 g/mol. The van der Waals surface area contributed by atoms with Gasteiger partial charge in [0, 0.05) is 49.4 Å². The van der Waals surface area contributed by atoms with Gasteiger partial charge >= 0.3 is 11.3 Å². The van der Waals surface area contributed by atoms with Crippen molar-refractivity contribution in [2.45, 2.75) is 6.10 Å². The monoisotopic (exact) mass is 792 g/mol. The van der Waals surface area contributed by atoms with Crippen LogP contribution in [0.25, 0.3) is 106 Å². The van der Waals surface area contributed by atoms with Gasteiger partial charge < -0.3 is 13.6 Å². The topological polar surface area (TPSA) is 150 Å². The summed E-state index contributed by atoms with van der Waals surface area (Å²) in [7, 11) is 0. The van der Waals surface area contributed by atoms with E-state index < -0.39 is 17.4 Å². The molecule has 0 saturated heterocycles. The predicted octanol–water partition coefficient (Wildman–Crippen LogP) is 10.5. The highest BCUT2D eigenvalue weighted by Gasteiger charge is 2.35. The van der Waals surface area contributed by atoms with Crippen molar-refractivity contribution in [1.82, 2.24) is 30.4 Å². The molecular formula is C50H28N6O5. The Kier molecular flexibility index (Phi) is 7.63. The molecule has 5 aromatic heterocycles. The number of aromatic nitrogens is 6. The Morgan fingerprint density at radius 2 is 1.21 bits per heavy atom. The lowest BCUT2D eigenvalue weighted by Crippen LogP contribution is -2.16. The quantitative estimate of drug-likeness (QED) is 0.167. The van der Waals surface area contributed by atoms with Crippen LogP contribution >= 0.6 is 0 Å². The number of hydrogen-bond donors (Lipinski definition) is 1. The fourth-order valence-electron chi connectivity index (χ4n) is 8.47. The lowest BCUT2D eigenvalue weighted by Gasteiger charge is -2.28. The number of fused-ring (bicyclic) bond motifs is 6. The van der Waals surface area contributed by atoms with Gasteiger partial charge in [0.2, 0.25) is 0 Å². The Balaban J connectivity index is 1.32. The van der Waals surface area contributed by atoms with Crippen LogP contribution in [-0.4, -0.2) is 30.4 Å². The van der Waals surface area contributed by atoms with E-state index >= 15 is 0 Å². The molecule has 6 aromatic carbocycles. The number of nitrogens with one attached hydrogen (secondary N) is 1. The largest absolute Gasteiger partial charge is 0.481 e. The van der Waals surface area contributed by atoms with Crippen LogP contribution < -0.4 is 16.0 Å². The SMILES string of the molecule is O=c1oc2ccccc2cc1-c1c(C2C=Cc3ccccc3O2)c(-c2cc3ccccc3nn2)c2c(-c3cnc4ccccc4n3)n[nH]c2c1-c1cc2ccccc2oc1=O. The molecule has 1 unspecified atom stereocenters. The zero-order chi connectivity index (χ0) is 40.6. The Morgan fingerprint density at radius 1 is 0.574 bits per heavy atom. The predicted molar refractivity (Wildman–Crippen MR) is 235 cm³/mol. The first kappa shape index (κ1) is 34.5. The average Bonchev–Trinajstić information content (AvgIpc) is 3.75. The molecule has 288 valence electrons. The van der Waals surface area contributed by atoms with Crippen molar-refractivity contribution in [2.24, 2.45) is 0 Å². The van der Waals surface area contributed by atoms with E-state index in [0.29, 0.717) is 94.5 Å². The lowest BCUT2D eigenvalue weighted by atomic mass is 9.81. The Morgan fingerprint density at radius 3 is 1.98 bits per heavy atom. The minimum absolute atomic E-state index is 0.184. The van der Waals surface area contributed by atoms with E-state index in [0.717, 1.165) is 10.9 Å². The van der Waals surface area contributed by atoms with Gasteiger partial charge in [0.25, 0.3) is 0 Å². The molecule has 0 aliphatic carbocycles. The molecule has 1 atom stereocenters. The maximum absolute atomic E-state index is 14.7. The molecule has 1 aliphatic rings. The normalized spacial score (nSPS) is 13.6. The summed E-state index contributed by atoms with van der Waals surface area (Å²) in [6.45, 7) is 0. The number of benzene rings is 6. The molecule has 11 heteroatoms. The fourth-order valence-corrected chi connectivity index (χ4v) is 8.47.